The first-order valence-electron chi connectivity index (χ1n) is 4.30. The predicted molar refractivity (Wildman–Crippen MR) is 57.0 cm³/mol. The highest BCUT2D eigenvalue weighted by molar-refractivity contribution is 6.29. The number of pyridine rings is 1. The van der Waals surface area contributed by atoms with Crippen molar-refractivity contribution in [3.05, 3.63) is 23.0 Å². The van der Waals surface area contributed by atoms with E-state index >= 15 is 0 Å². The third-order valence-corrected chi connectivity index (χ3v) is 2.06. The van der Waals surface area contributed by atoms with Gasteiger partial charge in [-0.15, -0.1) is 0 Å². The van der Waals surface area contributed by atoms with Crippen molar-refractivity contribution in [3.63, 3.8) is 0 Å². The molecule has 1 rings (SSSR count). The molecule has 0 saturated heterocycles. The molecule has 1 heterocycles. The van der Waals surface area contributed by atoms with E-state index in [1.54, 1.807) is 6.07 Å². The summed E-state index contributed by atoms with van der Waals surface area (Å²) in [5.41, 5.74) is 2.89. The molecular weight excluding hydrogens is 184 g/mol. The maximum absolute atomic E-state index is 5.73. The average Bonchev–Trinajstić information content (AvgIpc) is 2.09. The van der Waals surface area contributed by atoms with Gasteiger partial charge in [0.2, 0.25) is 0 Å². The molecule has 0 unspecified atom stereocenters. The lowest BCUT2D eigenvalue weighted by atomic mass is 10.3. The van der Waals surface area contributed by atoms with Crippen molar-refractivity contribution in [2.75, 3.05) is 0 Å². The lowest BCUT2D eigenvalue weighted by molar-refractivity contribution is 1.17. The molecule has 0 aliphatic rings. The van der Waals surface area contributed by atoms with E-state index in [1.165, 1.54) is 0 Å². The van der Waals surface area contributed by atoms with E-state index in [4.69, 9.17) is 11.6 Å². The molecule has 1 aromatic heterocycles. The van der Waals surface area contributed by atoms with Crippen molar-refractivity contribution >= 4 is 23.0 Å². The Morgan fingerprint density at radius 3 is 2.77 bits per heavy atom. The highest BCUT2D eigenvalue weighted by Crippen LogP contribution is 2.19. The summed E-state index contributed by atoms with van der Waals surface area (Å²) in [6.07, 6.45) is 0.960. The minimum Gasteiger partial charge on any atom is -0.256 e. The van der Waals surface area contributed by atoms with Gasteiger partial charge in [-0.1, -0.05) is 18.5 Å². The Kier molecular flexibility index (Phi) is 3.43. The van der Waals surface area contributed by atoms with E-state index in [0.717, 1.165) is 23.5 Å². The van der Waals surface area contributed by atoms with Crippen molar-refractivity contribution in [2.24, 2.45) is 4.99 Å². The summed E-state index contributed by atoms with van der Waals surface area (Å²) in [5, 5.41) is 0.519. The predicted octanol–water partition coefficient (Wildman–Crippen LogP) is 3.55. The monoisotopic (exact) mass is 196 g/mol. The molecule has 0 radical (unpaired) electrons. The average molecular weight is 197 g/mol. The Hall–Kier alpha value is -0.890. The van der Waals surface area contributed by atoms with Gasteiger partial charge in [-0.25, -0.2) is 4.98 Å². The second-order valence-corrected chi connectivity index (χ2v) is 3.33. The van der Waals surface area contributed by atoms with Crippen LogP contribution in [-0.4, -0.2) is 10.7 Å². The third kappa shape index (κ3) is 2.81. The van der Waals surface area contributed by atoms with Crippen LogP contribution in [0.15, 0.2) is 17.1 Å². The van der Waals surface area contributed by atoms with E-state index in [0.29, 0.717) is 5.15 Å². The summed E-state index contributed by atoms with van der Waals surface area (Å²) in [6.45, 7) is 6.00. The van der Waals surface area contributed by atoms with Gasteiger partial charge in [-0.2, -0.15) is 0 Å². The molecular formula is C10H13ClN2. The van der Waals surface area contributed by atoms with Gasteiger partial charge in [0.05, 0.1) is 11.4 Å². The second kappa shape index (κ2) is 4.38. The van der Waals surface area contributed by atoms with Crippen LogP contribution in [-0.2, 0) is 0 Å². The fraction of sp³-hybridized carbons (Fsp3) is 0.400. The quantitative estimate of drug-likeness (QED) is 0.525. The number of hydrogen-bond acceptors (Lipinski definition) is 2. The van der Waals surface area contributed by atoms with Crippen LogP contribution in [0.1, 0.15) is 26.0 Å². The Morgan fingerprint density at radius 1 is 1.54 bits per heavy atom. The molecule has 0 aliphatic heterocycles. The largest absolute Gasteiger partial charge is 0.256 e. The van der Waals surface area contributed by atoms with Gasteiger partial charge in [0.1, 0.15) is 5.15 Å². The third-order valence-electron chi connectivity index (χ3n) is 1.85. The van der Waals surface area contributed by atoms with Crippen LogP contribution in [0.5, 0.6) is 0 Å². The first-order chi connectivity index (χ1) is 6.13. The number of rotatable bonds is 2. The molecule has 0 bridgehead atoms. The molecule has 0 saturated carbocycles. The zero-order valence-electron chi connectivity index (χ0n) is 8.13. The maximum Gasteiger partial charge on any atom is 0.129 e. The van der Waals surface area contributed by atoms with Gasteiger partial charge < -0.3 is 0 Å². The normalized spacial score (nSPS) is 11.8. The van der Waals surface area contributed by atoms with Crippen molar-refractivity contribution < 1.29 is 0 Å². The number of hydrogen-bond donors (Lipinski definition) is 0. The molecule has 2 nitrogen and oxygen atoms in total. The lowest BCUT2D eigenvalue weighted by Crippen LogP contribution is -1.88. The van der Waals surface area contributed by atoms with Crippen LogP contribution in [0.4, 0.5) is 5.69 Å². The molecule has 0 amide bonds. The zero-order chi connectivity index (χ0) is 9.84. The van der Waals surface area contributed by atoms with Crippen molar-refractivity contribution in [1.82, 2.24) is 4.98 Å². The van der Waals surface area contributed by atoms with Gasteiger partial charge in [-0.05, 0) is 32.4 Å². The highest BCUT2D eigenvalue weighted by Gasteiger charge is 1.98. The number of aliphatic imine (C=N–C) groups is 1. The first kappa shape index (κ1) is 10.2. The fourth-order valence-electron chi connectivity index (χ4n) is 0.926. The summed E-state index contributed by atoms with van der Waals surface area (Å²) in [7, 11) is 0. The summed E-state index contributed by atoms with van der Waals surface area (Å²) in [5.74, 6) is 0. The molecule has 1 aromatic rings. The summed E-state index contributed by atoms with van der Waals surface area (Å²) in [4.78, 5) is 8.53. The molecule has 3 heteroatoms. The molecule has 0 N–H and O–H groups in total. The van der Waals surface area contributed by atoms with Crippen LogP contribution in [0.25, 0.3) is 0 Å². The number of halogens is 1. The van der Waals surface area contributed by atoms with Crippen molar-refractivity contribution in [1.29, 1.82) is 0 Å². The van der Waals surface area contributed by atoms with E-state index in [-0.39, 0.29) is 0 Å². The van der Waals surface area contributed by atoms with Crippen LogP contribution in [0.2, 0.25) is 5.15 Å². The first-order valence-corrected chi connectivity index (χ1v) is 4.68. The van der Waals surface area contributed by atoms with Gasteiger partial charge in [0.15, 0.2) is 0 Å². The minimum absolute atomic E-state index is 0.519. The molecule has 0 atom stereocenters. The van der Waals surface area contributed by atoms with Gasteiger partial charge in [-0.3, -0.25) is 4.99 Å². The lowest BCUT2D eigenvalue weighted by Gasteiger charge is -2.00. The smallest absolute Gasteiger partial charge is 0.129 e. The van der Waals surface area contributed by atoms with Crippen molar-refractivity contribution in [2.45, 2.75) is 27.2 Å². The van der Waals surface area contributed by atoms with E-state index in [9.17, 15) is 0 Å². The maximum atomic E-state index is 5.73. The molecule has 0 fully saturated rings. The molecule has 0 spiro atoms. The fourth-order valence-corrected chi connectivity index (χ4v) is 1.12. The van der Waals surface area contributed by atoms with Crippen LogP contribution in [0, 0.1) is 6.92 Å². The zero-order valence-corrected chi connectivity index (χ0v) is 8.89. The van der Waals surface area contributed by atoms with Crippen molar-refractivity contribution in [3.8, 4) is 0 Å². The van der Waals surface area contributed by atoms with Crippen LogP contribution in [0.3, 0.4) is 0 Å². The number of aromatic nitrogens is 1. The molecule has 13 heavy (non-hydrogen) atoms. The Balaban J connectivity index is 3.03. The second-order valence-electron chi connectivity index (χ2n) is 2.94. The van der Waals surface area contributed by atoms with E-state index in [1.807, 2.05) is 19.9 Å². The number of nitrogens with zero attached hydrogens (tertiary/aromatic N) is 2. The SMILES string of the molecule is CCC(C)=Nc1ccc(Cl)nc1C. The molecule has 70 valence electrons. The topological polar surface area (TPSA) is 25.2 Å². The minimum atomic E-state index is 0.519. The highest BCUT2D eigenvalue weighted by atomic mass is 35.5. The van der Waals surface area contributed by atoms with Gasteiger partial charge in [0.25, 0.3) is 0 Å². The van der Waals surface area contributed by atoms with Gasteiger partial charge in [0, 0.05) is 5.71 Å². The summed E-state index contributed by atoms with van der Waals surface area (Å²) in [6, 6.07) is 3.65. The summed E-state index contributed by atoms with van der Waals surface area (Å²) >= 11 is 5.73. The molecule has 0 aliphatic carbocycles. The summed E-state index contributed by atoms with van der Waals surface area (Å²) < 4.78 is 0. The number of aryl methyl sites for hydroxylation is 1. The Morgan fingerprint density at radius 2 is 2.23 bits per heavy atom. The van der Waals surface area contributed by atoms with Gasteiger partial charge >= 0.3 is 0 Å². The standard InChI is InChI=1S/C10H13ClN2/c1-4-7(2)12-9-5-6-10(11)13-8(9)3/h5-6H,4H2,1-3H3. The van der Waals surface area contributed by atoms with E-state index in [2.05, 4.69) is 16.9 Å². The van der Waals surface area contributed by atoms with Crippen LogP contribution < -0.4 is 0 Å². The Labute approximate surface area is 83.7 Å². The molecule has 0 aromatic carbocycles. The Bertz CT molecular complexity index is 332. The van der Waals surface area contributed by atoms with Crippen LogP contribution >= 0.6 is 11.6 Å². The van der Waals surface area contributed by atoms with E-state index < -0.39 is 0 Å².